The van der Waals surface area contributed by atoms with Gasteiger partial charge in [-0.3, -0.25) is 0 Å². The van der Waals surface area contributed by atoms with Crippen molar-refractivity contribution in [2.45, 2.75) is 25.9 Å². The lowest BCUT2D eigenvalue weighted by atomic mass is 10.0. The van der Waals surface area contributed by atoms with Gasteiger partial charge in [0.25, 0.3) is 0 Å². The van der Waals surface area contributed by atoms with Gasteiger partial charge in [0.05, 0.1) is 19.6 Å². The molecule has 3 heteroatoms. The van der Waals surface area contributed by atoms with Crippen LogP contribution >= 0.6 is 0 Å². The van der Waals surface area contributed by atoms with E-state index in [0.29, 0.717) is 0 Å². The SMILES string of the molecule is COc1ccccc1[C@@H](C)NC(C)c1ccoc1. The smallest absolute Gasteiger partial charge is 0.123 e. The molecule has 0 saturated heterocycles. The molecule has 1 aromatic carbocycles. The number of para-hydroxylation sites is 1. The highest BCUT2D eigenvalue weighted by Crippen LogP contribution is 2.26. The van der Waals surface area contributed by atoms with Gasteiger partial charge >= 0.3 is 0 Å². The van der Waals surface area contributed by atoms with Crippen molar-refractivity contribution in [2.24, 2.45) is 0 Å². The zero-order valence-corrected chi connectivity index (χ0v) is 11.0. The summed E-state index contributed by atoms with van der Waals surface area (Å²) in [6.45, 7) is 4.26. The second kappa shape index (κ2) is 5.74. The average Bonchev–Trinajstić information content (AvgIpc) is 2.92. The lowest BCUT2D eigenvalue weighted by Crippen LogP contribution is -2.22. The number of methoxy groups -OCH3 is 1. The average molecular weight is 245 g/mol. The molecule has 18 heavy (non-hydrogen) atoms. The molecular formula is C15H19NO2. The van der Waals surface area contributed by atoms with Gasteiger partial charge in [-0.1, -0.05) is 18.2 Å². The molecule has 2 aromatic rings. The van der Waals surface area contributed by atoms with Crippen LogP contribution in [0.4, 0.5) is 0 Å². The normalized spacial score (nSPS) is 14.2. The van der Waals surface area contributed by atoms with E-state index in [1.54, 1.807) is 19.6 Å². The second-order valence-electron chi connectivity index (χ2n) is 4.41. The first-order chi connectivity index (χ1) is 8.72. The van der Waals surface area contributed by atoms with Crippen LogP contribution in [0.5, 0.6) is 5.75 Å². The minimum atomic E-state index is 0.214. The second-order valence-corrected chi connectivity index (χ2v) is 4.41. The predicted molar refractivity (Wildman–Crippen MR) is 71.7 cm³/mol. The van der Waals surface area contributed by atoms with Crippen LogP contribution in [0.25, 0.3) is 0 Å². The molecule has 2 rings (SSSR count). The fourth-order valence-corrected chi connectivity index (χ4v) is 2.11. The first-order valence-corrected chi connectivity index (χ1v) is 6.13. The highest BCUT2D eigenvalue weighted by atomic mass is 16.5. The van der Waals surface area contributed by atoms with Crippen LogP contribution in [0.1, 0.15) is 37.1 Å². The number of rotatable bonds is 5. The summed E-state index contributed by atoms with van der Waals surface area (Å²) in [6.07, 6.45) is 3.47. The molecular weight excluding hydrogens is 226 g/mol. The maximum absolute atomic E-state index is 5.38. The van der Waals surface area contributed by atoms with Gasteiger partial charge in [0.1, 0.15) is 5.75 Å². The van der Waals surface area contributed by atoms with Crippen molar-refractivity contribution in [1.29, 1.82) is 0 Å². The van der Waals surface area contributed by atoms with Crippen molar-refractivity contribution < 1.29 is 9.15 Å². The van der Waals surface area contributed by atoms with E-state index in [0.717, 1.165) is 16.9 Å². The third-order valence-corrected chi connectivity index (χ3v) is 3.15. The Morgan fingerprint density at radius 2 is 1.89 bits per heavy atom. The third-order valence-electron chi connectivity index (χ3n) is 3.15. The van der Waals surface area contributed by atoms with E-state index in [1.165, 1.54) is 0 Å². The lowest BCUT2D eigenvalue weighted by Gasteiger charge is -2.21. The fourth-order valence-electron chi connectivity index (χ4n) is 2.11. The molecule has 1 N–H and O–H groups in total. The Hall–Kier alpha value is -1.74. The van der Waals surface area contributed by atoms with Gasteiger partial charge in [0.15, 0.2) is 0 Å². The first-order valence-electron chi connectivity index (χ1n) is 6.13. The molecule has 1 heterocycles. The number of hydrogen-bond acceptors (Lipinski definition) is 3. The van der Waals surface area contributed by atoms with Crippen molar-refractivity contribution >= 4 is 0 Å². The molecule has 0 aliphatic carbocycles. The molecule has 0 spiro atoms. The van der Waals surface area contributed by atoms with Crippen molar-refractivity contribution in [1.82, 2.24) is 5.32 Å². The van der Waals surface area contributed by atoms with Crippen LogP contribution in [-0.2, 0) is 0 Å². The van der Waals surface area contributed by atoms with E-state index >= 15 is 0 Å². The predicted octanol–water partition coefficient (Wildman–Crippen LogP) is 3.70. The highest BCUT2D eigenvalue weighted by molar-refractivity contribution is 5.35. The molecule has 0 fully saturated rings. The van der Waals surface area contributed by atoms with Crippen LogP contribution in [0.2, 0.25) is 0 Å². The van der Waals surface area contributed by atoms with E-state index in [1.807, 2.05) is 24.3 Å². The van der Waals surface area contributed by atoms with E-state index in [4.69, 9.17) is 9.15 Å². The molecule has 1 aromatic heterocycles. The van der Waals surface area contributed by atoms with E-state index in [9.17, 15) is 0 Å². The summed E-state index contributed by atoms with van der Waals surface area (Å²) in [7, 11) is 1.70. The Bertz CT molecular complexity index is 479. The van der Waals surface area contributed by atoms with Crippen LogP contribution in [-0.4, -0.2) is 7.11 Å². The summed E-state index contributed by atoms with van der Waals surface area (Å²) < 4.78 is 10.5. The van der Waals surface area contributed by atoms with Crippen LogP contribution < -0.4 is 10.1 Å². The Morgan fingerprint density at radius 1 is 1.11 bits per heavy atom. The first kappa shape index (κ1) is 12.7. The molecule has 3 nitrogen and oxygen atoms in total. The van der Waals surface area contributed by atoms with E-state index in [-0.39, 0.29) is 12.1 Å². The minimum absolute atomic E-state index is 0.214. The van der Waals surface area contributed by atoms with E-state index < -0.39 is 0 Å². The van der Waals surface area contributed by atoms with Crippen molar-refractivity contribution in [3.8, 4) is 5.75 Å². The van der Waals surface area contributed by atoms with Crippen molar-refractivity contribution in [3.05, 3.63) is 54.0 Å². The van der Waals surface area contributed by atoms with Crippen LogP contribution in [0, 0.1) is 0 Å². The molecule has 0 aliphatic rings. The zero-order valence-electron chi connectivity index (χ0n) is 11.0. The van der Waals surface area contributed by atoms with Crippen LogP contribution in [0.15, 0.2) is 47.3 Å². The zero-order chi connectivity index (χ0) is 13.0. The van der Waals surface area contributed by atoms with Gasteiger partial charge in [-0.05, 0) is 26.0 Å². The van der Waals surface area contributed by atoms with E-state index in [2.05, 4.69) is 25.2 Å². The summed E-state index contributed by atoms with van der Waals surface area (Å²) in [6, 6.07) is 10.5. The summed E-state index contributed by atoms with van der Waals surface area (Å²) in [5, 5.41) is 3.53. The Morgan fingerprint density at radius 3 is 2.56 bits per heavy atom. The summed E-state index contributed by atoms with van der Waals surface area (Å²) in [5.41, 5.74) is 2.31. The van der Waals surface area contributed by atoms with Crippen LogP contribution in [0.3, 0.4) is 0 Å². The number of hydrogen-bond donors (Lipinski definition) is 1. The van der Waals surface area contributed by atoms with Gasteiger partial charge < -0.3 is 14.5 Å². The quantitative estimate of drug-likeness (QED) is 0.872. The maximum atomic E-state index is 5.38. The van der Waals surface area contributed by atoms with Gasteiger partial charge in [-0.15, -0.1) is 0 Å². The molecule has 0 aliphatic heterocycles. The van der Waals surface area contributed by atoms with Gasteiger partial charge in [-0.2, -0.15) is 0 Å². The number of furan rings is 1. The fraction of sp³-hybridized carbons (Fsp3) is 0.333. The topological polar surface area (TPSA) is 34.4 Å². The molecule has 0 saturated carbocycles. The standard InChI is InChI=1S/C15H19NO2/c1-11(13-8-9-18-10-13)16-12(2)14-6-4-5-7-15(14)17-3/h4-12,16H,1-3H3/t11?,12-/m1/s1. The van der Waals surface area contributed by atoms with Gasteiger partial charge in [-0.25, -0.2) is 0 Å². The third kappa shape index (κ3) is 2.74. The number of nitrogens with one attached hydrogen (secondary N) is 1. The minimum Gasteiger partial charge on any atom is -0.496 e. The number of ether oxygens (including phenoxy) is 1. The molecule has 0 bridgehead atoms. The van der Waals surface area contributed by atoms with Gasteiger partial charge in [0, 0.05) is 23.2 Å². The Kier molecular flexibility index (Phi) is 4.05. The molecule has 0 amide bonds. The van der Waals surface area contributed by atoms with Crippen molar-refractivity contribution in [2.75, 3.05) is 7.11 Å². The lowest BCUT2D eigenvalue weighted by molar-refractivity contribution is 0.396. The van der Waals surface area contributed by atoms with Gasteiger partial charge in [0.2, 0.25) is 0 Å². The monoisotopic (exact) mass is 245 g/mol. The maximum Gasteiger partial charge on any atom is 0.123 e. The molecule has 2 atom stereocenters. The number of benzene rings is 1. The summed E-state index contributed by atoms with van der Waals surface area (Å²) in [4.78, 5) is 0. The molecule has 0 radical (unpaired) electrons. The molecule has 1 unspecified atom stereocenters. The highest BCUT2D eigenvalue weighted by Gasteiger charge is 2.14. The largest absolute Gasteiger partial charge is 0.496 e. The van der Waals surface area contributed by atoms with Crippen molar-refractivity contribution in [3.63, 3.8) is 0 Å². The summed E-state index contributed by atoms with van der Waals surface area (Å²) >= 11 is 0. The molecule has 96 valence electrons. The summed E-state index contributed by atoms with van der Waals surface area (Å²) in [5.74, 6) is 0.914. The Labute approximate surface area is 108 Å². The Balaban J connectivity index is 2.09.